The van der Waals surface area contributed by atoms with E-state index in [1.165, 1.54) is 4.88 Å². The van der Waals surface area contributed by atoms with Gasteiger partial charge in [-0.25, -0.2) is 0 Å². The SMILES string of the molecule is CN(CCO)C(=O)CCCc1ccc(Br)s1. The van der Waals surface area contributed by atoms with Crippen molar-refractivity contribution < 1.29 is 9.90 Å². The van der Waals surface area contributed by atoms with Gasteiger partial charge in [-0.05, 0) is 40.9 Å². The van der Waals surface area contributed by atoms with Gasteiger partial charge in [-0.1, -0.05) is 0 Å². The predicted molar refractivity (Wildman–Crippen MR) is 69.7 cm³/mol. The maximum atomic E-state index is 11.5. The molecule has 0 aliphatic rings. The molecule has 0 atom stereocenters. The van der Waals surface area contributed by atoms with Gasteiger partial charge < -0.3 is 10.0 Å². The van der Waals surface area contributed by atoms with Gasteiger partial charge in [-0.15, -0.1) is 11.3 Å². The minimum absolute atomic E-state index is 0.0279. The van der Waals surface area contributed by atoms with E-state index in [0.29, 0.717) is 13.0 Å². The van der Waals surface area contributed by atoms with Crippen LogP contribution in [0.1, 0.15) is 17.7 Å². The maximum absolute atomic E-state index is 11.5. The molecule has 0 radical (unpaired) electrons. The standard InChI is InChI=1S/C11H16BrNO2S/c1-13(7-8-14)11(15)4-2-3-9-5-6-10(12)16-9/h5-6,14H,2-4,7-8H2,1H3. The first-order chi connectivity index (χ1) is 7.63. The van der Waals surface area contributed by atoms with Crippen LogP contribution in [0.3, 0.4) is 0 Å². The number of amides is 1. The Morgan fingerprint density at radius 3 is 2.88 bits per heavy atom. The number of halogens is 1. The topological polar surface area (TPSA) is 40.5 Å². The second-order valence-electron chi connectivity index (χ2n) is 3.60. The molecule has 0 unspecified atom stereocenters. The molecule has 0 fully saturated rings. The van der Waals surface area contributed by atoms with Gasteiger partial charge in [0, 0.05) is 24.9 Å². The highest BCUT2D eigenvalue weighted by molar-refractivity contribution is 9.11. The monoisotopic (exact) mass is 305 g/mol. The number of carbonyl (C=O) groups is 1. The number of thiophene rings is 1. The number of rotatable bonds is 6. The van der Waals surface area contributed by atoms with E-state index in [2.05, 4.69) is 22.0 Å². The predicted octanol–water partition coefficient (Wildman–Crippen LogP) is 2.28. The van der Waals surface area contributed by atoms with Crippen molar-refractivity contribution in [1.82, 2.24) is 4.90 Å². The molecule has 1 amide bonds. The van der Waals surface area contributed by atoms with Crippen LogP contribution < -0.4 is 0 Å². The fraction of sp³-hybridized carbons (Fsp3) is 0.545. The van der Waals surface area contributed by atoms with Crippen molar-refractivity contribution in [2.45, 2.75) is 19.3 Å². The number of hydrogen-bond acceptors (Lipinski definition) is 3. The third-order valence-electron chi connectivity index (χ3n) is 2.30. The summed E-state index contributed by atoms with van der Waals surface area (Å²) in [5.41, 5.74) is 0. The lowest BCUT2D eigenvalue weighted by molar-refractivity contribution is -0.130. The van der Waals surface area contributed by atoms with Crippen LogP contribution in [0.4, 0.5) is 0 Å². The molecule has 90 valence electrons. The van der Waals surface area contributed by atoms with Crippen molar-refractivity contribution in [2.24, 2.45) is 0 Å². The van der Waals surface area contributed by atoms with Crippen molar-refractivity contribution in [1.29, 1.82) is 0 Å². The Bertz CT molecular complexity index is 340. The molecule has 0 aliphatic carbocycles. The van der Waals surface area contributed by atoms with Crippen molar-refractivity contribution in [2.75, 3.05) is 20.2 Å². The van der Waals surface area contributed by atoms with Crippen LogP contribution >= 0.6 is 27.3 Å². The number of carbonyl (C=O) groups excluding carboxylic acids is 1. The van der Waals surface area contributed by atoms with Gasteiger partial charge >= 0.3 is 0 Å². The fourth-order valence-electron chi connectivity index (χ4n) is 1.37. The highest BCUT2D eigenvalue weighted by Gasteiger charge is 2.07. The zero-order valence-corrected chi connectivity index (χ0v) is 11.7. The zero-order valence-electron chi connectivity index (χ0n) is 9.28. The van der Waals surface area contributed by atoms with E-state index in [0.717, 1.165) is 16.6 Å². The van der Waals surface area contributed by atoms with E-state index < -0.39 is 0 Å². The molecule has 0 aliphatic heterocycles. The van der Waals surface area contributed by atoms with E-state index in [9.17, 15) is 4.79 Å². The van der Waals surface area contributed by atoms with E-state index in [1.807, 2.05) is 6.07 Å². The van der Waals surface area contributed by atoms with Crippen molar-refractivity contribution in [3.63, 3.8) is 0 Å². The van der Waals surface area contributed by atoms with Crippen LogP contribution in [-0.2, 0) is 11.2 Å². The minimum Gasteiger partial charge on any atom is -0.395 e. The van der Waals surface area contributed by atoms with Crippen LogP contribution in [-0.4, -0.2) is 36.1 Å². The second kappa shape index (κ2) is 7.04. The summed E-state index contributed by atoms with van der Waals surface area (Å²) in [5.74, 6) is 0.102. The van der Waals surface area contributed by atoms with Gasteiger partial charge in [0.1, 0.15) is 0 Å². The van der Waals surface area contributed by atoms with Crippen LogP contribution in [0, 0.1) is 0 Å². The van der Waals surface area contributed by atoms with Gasteiger partial charge in [0.2, 0.25) is 5.91 Å². The third-order valence-corrected chi connectivity index (χ3v) is 3.99. The smallest absolute Gasteiger partial charge is 0.222 e. The largest absolute Gasteiger partial charge is 0.395 e. The molecule has 0 aromatic carbocycles. The first-order valence-electron chi connectivity index (χ1n) is 5.22. The van der Waals surface area contributed by atoms with Crippen LogP contribution in [0.15, 0.2) is 15.9 Å². The molecule has 0 bridgehead atoms. The molecule has 0 saturated heterocycles. The molecule has 16 heavy (non-hydrogen) atoms. The molecule has 1 N–H and O–H groups in total. The number of hydrogen-bond donors (Lipinski definition) is 1. The van der Waals surface area contributed by atoms with E-state index in [4.69, 9.17) is 5.11 Å². The van der Waals surface area contributed by atoms with E-state index >= 15 is 0 Å². The number of likely N-dealkylation sites (N-methyl/N-ethyl adjacent to an activating group) is 1. The van der Waals surface area contributed by atoms with Crippen LogP contribution in [0.25, 0.3) is 0 Å². The Morgan fingerprint density at radius 2 is 2.31 bits per heavy atom. The molecule has 1 aromatic heterocycles. The second-order valence-corrected chi connectivity index (χ2v) is 6.15. The quantitative estimate of drug-likeness (QED) is 0.876. The molecule has 1 rings (SSSR count). The number of aliphatic hydroxyl groups excluding tert-OH is 1. The average Bonchev–Trinajstić information content (AvgIpc) is 2.64. The third kappa shape index (κ3) is 4.63. The van der Waals surface area contributed by atoms with Crippen LogP contribution in [0.2, 0.25) is 0 Å². The van der Waals surface area contributed by atoms with Gasteiger partial charge in [0.15, 0.2) is 0 Å². The summed E-state index contributed by atoms with van der Waals surface area (Å²) >= 11 is 5.12. The molecular weight excluding hydrogens is 290 g/mol. The summed E-state index contributed by atoms with van der Waals surface area (Å²) in [4.78, 5) is 14.4. The van der Waals surface area contributed by atoms with Crippen molar-refractivity contribution >= 4 is 33.2 Å². The molecule has 3 nitrogen and oxygen atoms in total. The number of aliphatic hydroxyl groups is 1. The van der Waals surface area contributed by atoms with Crippen LogP contribution in [0.5, 0.6) is 0 Å². The Balaban J connectivity index is 2.22. The van der Waals surface area contributed by atoms with E-state index in [-0.39, 0.29) is 12.5 Å². The van der Waals surface area contributed by atoms with Gasteiger partial charge in [-0.2, -0.15) is 0 Å². The maximum Gasteiger partial charge on any atom is 0.222 e. The lowest BCUT2D eigenvalue weighted by atomic mass is 10.2. The first-order valence-corrected chi connectivity index (χ1v) is 6.83. The average molecular weight is 306 g/mol. The van der Waals surface area contributed by atoms with Crippen molar-refractivity contribution in [3.8, 4) is 0 Å². The zero-order chi connectivity index (χ0) is 12.0. The lowest BCUT2D eigenvalue weighted by Gasteiger charge is -2.15. The number of aryl methyl sites for hydroxylation is 1. The summed E-state index contributed by atoms with van der Waals surface area (Å²) in [7, 11) is 1.72. The lowest BCUT2D eigenvalue weighted by Crippen LogP contribution is -2.29. The highest BCUT2D eigenvalue weighted by Crippen LogP contribution is 2.23. The fourth-order valence-corrected chi connectivity index (χ4v) is 2.89. The number of nitrogens with zero attached hydrogens (tertiary/aromatic N) is 1. The molecule has 0 saturated carbocycles. The van der Waals surface area contributed by atoms with Gasteiger partial charge in [-0.3, -0.25) is 4.79 Å². The summed E-state index contributed by atoms with van der Waals surface area (Å²) in [6, 6.07) is 4.11. The Labute approximate surface area is 108 Å². The molecule has 5 heteroatoms. The highest BCUT2D eigenvalue weighted by atomic mass is 79.9. The summed E-state index contributed by atoms with van der Waals surface area (Å²) in [5, 5.41) is 8.69. The molecule has 0 spiro atoms. The minimum atomic E-state index is 0.0279. The Kier molecular flexibility index (Phi) is 6.01. The van der Waals surface area contributed by atoms with Gasteiger partial charge in [0.25, 0.3) is 0 Å². The van der Waals surface area contributed by atoms with Gasteiger partial charge in [0.05, 0.1) is 10.4 Å². The van der Waals surface area contributed by atoms with E-state index in [1.54, 1.807) is 23.3 Å². The summed E-state index contributed by atoms with van der Waals surface area (Å²) < 4.78 is 1.13. The van der Waals surface area contributed by atoms with Crippen molar-refractivity contribution in [3.05, 3.63) is 20.8 Å². The molecular formula is C11H16BrNO2S. The normalized spacial score (nSPS) is 10.4. The molecule has 1 aromatic rings. The Hall–Kier alpha value is -0.390. The molecule has 1 heterocycles. The summed E-state index contributed by atoms with van der Waals surface area (Å²) in [6.07, 6.45) is 2.35. The summed E-state index contributed by atoms with van der Waals surface area (Å²) in [6.45, 7) is 0.448. The first kappa shape index (κ1) is 13.7. The Morgan fingerprint density at radius 1 is 1.56 bits per heavy atom.